The summed E-state index contributed by atoms with van der Waals surface area (Å²) in [5.41, 5.74) is 1.00. The van der Waals surface area contributed by atoms with Crippen molar-refractivity contribution < 1.29 is 8.42 Å². The second kappa shape index (κ2) is 6.90. The molecule has 0 amide bonds. The molecule has 1 N–H and O–H groups in total. The maximum atomic E-state index is 12.8. The van der Waals surface area contributed by atoms with Gasteiger partial charge < -0.3 is 5.32 Å². The average Bonchev–Trinajstić information content (AvgIpc) is 2.54. The maximum absolute atomic E-state index is 12.8. The standard InChI is InChI=1S/C16H26N2O2S/c1-4-14-7-6-10-18(12-14)21(19,20)16-9-5-8-15(11-16)13(2)17-3/h5,8-9,11,13-14,17H,4,6-7,10,12H2,1-3H3. The van der Waals surface area contributed by atoms with Crippen molar-refractivity contribution >= 4 is 10.0 Å². The molecule has 5 heteroatoms. The van der Waals surface area contributed by atoms with Crippen LogP contribution in [0.2, 0.25) is 0 Å². The lowest BCUT2D eigenvalue weighted by atomic mass is 9.97. The van der Waals surface area contributed by atoms with E-state index in [4.69, 9.17) is 0 Å². The molecule has 0 bridgehead atoms. The molecule has 1 aliphatic rings. The summed E-state index contributed by atoms with van der Waals surface area (Å²) in [6.07, 6.45) is 3.15. The molecule has 1 aliphatic heterocycles. The minimum absolute atomic E-state index is 0.143. The fraction of sp³-hybridized carbons (Fsp3) is 0.625. The molecule has 118 valence electrons. The summed E-state index contributed by atoms with van der Waals surface area (Å²) in [6, 6.07) is 7.44. The van der Waals surface area contributed by atoms with Crippen molar-refractivity contribution in [2.45, 2.75) is 44.0 Å². The summed E-state index contributed by atoms with van der Waals surface area (Å²) in [7, 11) is -1.49. The third kappa shape index (κ3) is 3.65. The first-order chi connectivity index (χ1) is 9.98. The Morgan fingerprint density at radius 1 is 1.43 bits per heavy atom. The third-order valence-electron chi connectivity index (χ3n) is 4.49. The van der Waals surface area contributed by atoms with Crippen LogP contribution in [0.4, 0.5) is 0 Å². The molecule has 0 saturated carbocycles. The molecule has 0 spiro atoms. The summed E-state index contributed by atoms with van der Waals surface area (Å²) < 4.78 is 27.3. The van der Waals surface area contributed by atoms with Crippen molar-refractivity contribution in [1.29, 1.82) is 0 Å². The first-order valence-corrected chi connectivity index (χ1v) is 9.20. The number of sulfonamides is 1. The zero-order valence-corrected chi connectivity index (χ0v) is 14.0. The quantitative estimate of drug-likeness (QED) is 0.910. The normalized spacial score (nSPS) is 22.1. The molecule has 2 unspecified atom stereocenters. The summed E-state index contributed by atoms with van der Waals surface area (Å²) in [5, 5.41) is 3.15. The Hall–Kier alpha value is -0.910. The van der Waals surface area contributed by atoms with E-state index in [-0.39, 0.29) is 6.04 Å². The maximum Gasteiger partial charge on any atom is 0.243 e. The number of nitrogens with zero attached hydrogens (tertiary/aromatic N) is 1. The Morgan fingerprint density at radius 2 is 2.19 bits per heavy atom. The minimum atomic E-state index is -3.36. The van der Waals surface area contributed by atoms with Crippen LogP contribution in [-0.2, 0) is 10.0 Å². The summed E-state index contributed by atoms with van der Waals surface area (Å²) in [6.45, 7) is 5.46. The molecular formula is C16H26N2O2S. The van der Waals surface area contributed by atoms with Gasteiger partial charge in [-0.1, -0.05) is 25.5 Å². The Morgan fingerprint density at radius 3 is 2.86 bits per heavy atom. The van der Waals surface area contributed by atoms with E-state index < -0.39 is 10.0 Å². The van der Waals surface area contributed by atoms with Crippen LogP contribution in [0.5, 0.6) is 0 Å². The number of benzene rings is 1. The van der Waals surface area contributed by atoms with Crippen molar-refractivity contribution in [3.05, 3.63) is 29.8 Å². The van der Waals surface area contributed by atoms with E-state index in [1.807, 2.05) is 26.1 Å². The minimum Gasteiger partial charge on any atom is -0.313 e. The molecule has 2 rings (SSSR count). The van der Waals surface area contributed by atoms with E-state index in [2.05, 4.69) is 12.2 Å². The van der Waals surface area contributed by atoms with Crippen molar-refractivity contribution in [3.63, 3.8) is 0 Å². The molecule has 2 atom stereocenters. The van der Waals surface area contributed by atoms with E-state index >= 15 is 0 Å². The highest BCUT2D eigenvalue weighted by Crippen LogP contribution is 2.26. The summed E-state index contributed by atoms with van der Waals surface area (Å²) in [5.74, 6) is 0.493. The van der Waals surface area contributed by atoms with Crippen molar-refractivity contribution in [2.24, 2.45) is 5.92 Å². The van der Waals surface area contributed by atoms with Crippen LogP contribution in [0, 0.1) is 5.92 Å². The first-order valence-electron chi connectivity index (χ1n) is 7.76. The SMILES string of the molecule is CCC1CCCN(S(=O)(=O)c2cccc(C(C)NC)c2)C1. The number of hydrogen-bond acceptors (Lipinski definition) is 3. The van der Waals surface area contributed by atoms with Gasteiger partial charge in [0, 0.05) is 19.1 Å². The van der Waals surface area contributed by atoms with Gasteiger partial charge in [-0.25, -0.2) is 8.42 Å². The fourth-order valence-electron chi connectivity index (χ4n) is 2.84. The van der Waals surface area contributed by atoms with Gasteiger partial charge in [0.05, 0.1) is 4.90 Å². The van der Waals surface area contributed by atoms with Crippen LogP contribution in [0.1, 0.15) is 44.7 Å². The topological polar surface area (TPSA) is 49.4 Å². The van der Waals surface area contributed by atoms with E-state index in [1.54, 1.807) is 16.4 Å². The molecule has 1 fully saturated rings. The largest absolute Gasteiger partial charge is 0.313 e. The van der Waals surface area contributed by atoms with Gasteiger partial charge in [-0.3, -0.25) is 0 Å². The highest BCUT2D eigenvalue weighted by molar-refractivity contribution is 7.89. The lowest BCUT2D eigenvalue weighted by Crippen LogP contribution is -2.39. The van der Waals surface area contributed by atoms with E-state index in [0.29, 0.717) is 23.9 Å². The van der Waals surface area contributed by atoms with E-state index in [9.17, 15) is 8.42 Å². The Kier molecular flexibility index (Phi) is 5.41. The predicted octanol–water partition coefficient (Wildman–Crippen LogP) is 2.78. The van der Waals surface area contributed by atoms with Gasteiger partial charge >= 0.3 is 0 Å². The number of rotatable bonds is 5. The van der Waals surface area contributed by atoms with Crippen molar-refractivity contribution in [2.75, 3.05) is 20.1 Å². The zero-order valence-electron chi connectivity index (χ0n) is 13.2. The third-order valence-corrected chi connectivity index (χ3v) is 6.35. The van der Waals surface area contributed by atoms with Gasteiger partial charge in [-0.2, -0.15) is 4.31 Å². The highest BCUT2D eigenvalue weighted by atomic mass is 32.2. The molecule has 0 radical (unpaired) electrons. The van der Waals surface area contributed by atoms with Crippen molar-refractivity contribution in [3.8, 4) is 0 Å². The Balaban J connectivity index is 2.27. The second-order valence-corrected chi connectivity index (χ2v) is 7.80. The molecule has 1 saturated heterocycles. The van der Waals surface area contributed by atoms with E-state index in [1.165, 1.54) is 0 Å². The molecule has 21 heavy (non-hydrogen) atoms. The lowest BCUT2D eigenvalue weighted by Gasteiger charge is -2.31. The van der Waals surface area contributed by atoms with Crippen LogP contribution in [-0.4, -0.2) is 32.9 Å². The molecule has 1 aromatic carbocycles. The molecule has 1 heterocycles. The van der Waals surface area contributed by atoms with Gasteiger partial charge in [-0.15, -0.1) is 0 Å². The smallest absolute Gasteiger partial charge is 0.243 e. The highest BCUT2D eigenvalue weighted by Gasteiger charge is 2.29. The monoisotopic (exact) mass is 310 g/mol. The lowest BCUT2D eigenvalue weighted by molar-refractivity contribution is 0.261. The molecular weight excluding hydrogens is 284 g/mol. The molecule has 4 nitrogen and oxygen atoms in total. The van der Waals surface area contributed by atoms with Crippen molar-refractivity contribution in [1.82, 2.24) is 9.62 Å². The molecule has 1 aromatic rings. The van der Waals surface area contributed by atoms with Gasteiger partial charge in [0.25, 0.3) is 0 Å². The van der Waals surface area contributed by atoms with Crippen LogP contribution >= 0.6 is 0 Å². The fourth-order valence-corrected chi connectivity index (χ4v) is 4.45. The van der Waals surface area contributed by atoms with Gasteiger partial charge in [-0.05, 0) is 50.4 Å². The number of hydrogen-bond donors (Lipinski definition) is 1. The second-order valence-electron chi connectivity index (χ2n) is 5.86. The van der Waals surface area contributed by atoms with Gasteiger partial charge in [0.15, 0.2) is 0 Å². The average molecular weight is 310 g/mol. The Labute approximate surface area is 128 Å². The van der Waals surface area contributed by atoms with E-state index in [0.717, 1.165) is 24.8 Å². The molecule has 0 aromatic heterocycles. The zero-order chi connectivity index (χ0) is 15.5. The predicted molar refractivity (Wildman–Crippen MR) is 85.7 cm³/mol. The van der Waals surface area contributed by atoms with Gasteiger partial charge in [0.1, 0.15) is 0 Å². The van der Waals surface area contributed by atoms with Crippen LogP contribution in [0.3, 0.4) is 0 Å². The number of piperidine rings is 1. The first kappa shape index (κ1) is 16.5. The van der Waals surface area contributed by atoms with Gasteiger partial charge in [0.2, 0.25) is 10.0 Å². The molecule has 0 aliphatic carbocycles. The number of nitrogens with one attached hydrogen (secondary N) is 1. The summed E-state index contributed by atoms with van der Waals surface area (Å²) in [4.78, 5) is 0.416. The van der Waals surface area contributed by atoms with Crippen LogP contribution in [0.25, 0.3) is 0 Å². The van der Waals surface area contributed by atoms with Crippen LogP contribution < -0.4 is 5.32 Å². The Bertz CT molecular complexity index is 571. The summed E-state index contributed by atoms with van der Waals surface area (Å²) >= 11 is 0. The van der Waals surface area contributed by atoms with Crippen LogP contribution in [0.15, 0.2) is 29.2 Å².